The zero-order chi connectivity index (χ0) is 14.5. The first-order valence-electron chi connectivity index (χ1n) is 6.85. The minimum absolute atomic E-state index is 0.0184. The lowest BCUT2D eigenvalue weighted by molar-refractivity contribution is -0.133. The van der Waals surface area contributed by atoms with Crippen LogP contribution >= 0.6 is 0 Å². The van der Waals surface area contributed by atoms with Gasteiger partial charge in [0.1, 0.15) is 0 Å². The van der Waals surface area contributed by atoms with Crippen molar-refractivity contribution >= 4 is 11.8 Å². The Bertz CT molecular complexity index is 467. The second kappa shape index (κ2) is 6.52. The van der Waals surface area contributed by atoms with E-state index in [9.17, 15) is 9.59 Å². The molecule has 1 aliphatic rings. The van der Waals surface area contributed by atoms with Crippen LogP contribution in [0.1, 0.15) is 10.4 Å². The summed E-state index contributed by atoms with van der Waals surface area (Å²) in [7, 11) is 3.72. The fourth-order valence-corrected chi connectivity index (χ4v) is 2.23. The molecule has 0 bridgehead atoms. The van der Waals surface area contributed by atoms with Crippen molar-refractivity contribution in [3.63, 3.8) is 0 Å². The van der Waals surface area contributed by atoms with Gasteiger partial charge in [-0.05, 0) is 19.2 Å². The number of piperazine rings is 1. The Morgan fingerprint density at radius 3 is 2.30 bits per heavy atom. The van der Waals surface area contributed by atoms with Crippen LogP contribution in [0.4, 0.5) is 0 Å². The third kappa shape index (κ3) is 3.57. The van der Waals surface area contributed by atoms with E-state index in [0.717, 1.165) is 26.2 Å². The van der Waals surface area contributed by atoms with Gasteiger partial charge < -0.3 is 14.7 Å². The van der Waals surface area contributed by atoms with Gasteiger partial charge in [0.25, 0.3) is 5.91 Å². The molecule has 0 unspecified atom stereocenters. The maximum atomic E-state index is 12.2. The average molecular weight is 275 g/mol. The number of hydrogen-bond acceptors (Lipinski definition) is 3. The lowest BCUT2D eigenvalue weighted by Crippen LogP contribution is -2.50. The van der Waals surface area contributed by atoms with E-state index in [1.54, 1.807) is 19.2 Å². The van der Waals surface area contributed by atoms with Gasteiger partial charge in [-0.15, -0.1) is 0 Å². The number of carbonyl (C=O) groups excluding carboxylic acids is 2. The molecule has 0 aromatic heterocycles. The fourth-order valence-electron chi connectivity index (χ4n) is 2.23. The van der Waals surface area contributed by atoms with Crippen molar-refractivity contribution in [3.8, 4) is 0 Å². The lowest BCUT2D eigenvalue weighted by atomic mass is 10.2. The van der Waals surface area contributed by atoms with Gasteiger partial charge in [0.05, 0.1) is 6.54 Å². The molecular weight excluding hydrogens is 254 g/mol. The van der Waals surface area contributed by atoms with Gasteiger partial charge in [-0.25, -0.2) is 0 Å². The van der Waals surface area contributed by atoms with Crippen molar-refractivity contribution in [2.75, 3.05) is 46.8 Å². The molecule has 108 valence electrons. The van der Waals surface area contributed by atoms with E-state index in [-0.39, 0.29) is 18.4 Å². The Labute approximate surface area is 119 Å². The highest BCUT2D eigenvalue weighted by atomic mass is 16.2. The highest BCUT2D eigenvalue weighted by molar-refractivity contribution is 5.96. The topological polar surface area (TPSA) is 43.9 Å². The lowest BCUT2D eigenvalue weighted by Gasteiger charge is -2.33. The van der Waals surface area contributed by atoms with Crippen molar-refractivity contribution in [2.24, 2.45) is 0 Å². The zero-order valence-corrected chi connectivity index (χ0v) is 12.1. The molecule has 0 N–H and O–H groups in total. The van der Waals surface area contributed by atoms with Gasteiger partial charge in [-0.2, -0.15) is 0 Å². The second-order valence-electron chi connectivity index (χ2n) is 5.21. The summed E-state index contributed by atoms with van der Waals surface area (Å²) in [6.45, 7) is 3.40. The van der Waals surface area contributed by atoms with Crippen molar-refractivity contribution in [2.45, 2.75) is 0 Å². The number of hydrogen-bond donors (Lipinski definition) is 0. The van der Waals surface area contributed by atoms with Gasteiger partial charge in [0.2, 0.25) is 5.91 Å². The predicted octanol–water partition coefficient (Wildman–Crippen LogP) is 0.533. The van der Waals surface area contributed by atoms with E-state index in [4.69, 9.17) is 0 Å². The van der Waals surface area contributed by atoms with Crippen molar-refractivity contribution in [1.82, 2.24) is 14.7 Å². The molecule has 0 atom stereocenters. The number of nitrogens with zero attached hydrogens (tertiary/aromatic N) is 3. The molecule has 1 aromatic rings. The summed E-state index contributed by atoms with van der Waals surface area (Å²) in [6.07, 6.45) is 0. The molecule has 0 aliphatic carbocycles. The van der Waals surface area contributed by atoms with Crippen LogP contribution in [0.2, 0.25) is 0 Å². The summed E-state index contributed by atoms with van der Waals surface area (Å²) >= 11 is 0. The van der Waals surface area contributed by atoms with Crippen LogP contribution in [0.5, 0.6) is 0 Å². The normalized spacial score (nSPS) is 16.0. The van der Waals surface area contributed by atoms with E-state index in [2.05, 4.69) is 4.90 Å². The molecule has 1 saturated heterocycles. The smallest absolute Gasteiger partial charge is 0.254 e. The molecule has 0 spiro atoms. The Balaban J connectivity index is 1.89. The van der Waals surface area contributed by atoms with Gasteiger partial charge in [0.15, 0.2) is 0 Å². The molecule has 0 saturated carbocycles. The first-order valence-corrected chi connectivity index (χ1v) is 6.85. The Morgan fingerprint density at radius 2 is 1.70 bits per heavy atom. The van der Waals surface area contributed by atoms with Gasteiger partial charge >= 0.3 is 0 Å². The largest absolute Gasteiger partial charge is 0.339 e. The van der Waals surface area contributed by atoms with E-state index >= 15 is 0 Å². The Kier molecular flexibility index (Phi) is 4.74. The standard InChI is InChI=1S/C15H21N3O2/c1-16-8-10-18(11-9-16)14(19)12-17(2)15(20)13-6-4-3-5-7-13/h3-7H,8-12H2,1-2H3. The molecule has 20 heavy (non-hydrogen) atoms. The van der Waals surface area contributed by atoms with Gasteiger partial charge in [0, 0.05) is 38.8 Å². The van der Waals surface area contributed by atoms with Crippen LogP contribution in [0.15, 0.2) is 30.3 Å². The summed E-state index contributed by atoms with van der Waals surface area (Å²) in [5.74, 6) is -0.0991. The number of likely N-dealkylation sites (N-methyl/N-ethyl adjacent to an activating group) is 2. The quantitative estimate of drug-likeness (QED) is 0.808. The molecule has 5 heteroatoms. The Hall–Kier alpha value is -1.88. The van der Waals surface area contributed by atoms with E-state index < -0.39 is 0 Å². The number of rotatable bonds is 3. The second-order valence-corrected chi connectivity index (χ2v) is 5.21. The molecule has 1 heterocycles. The Morgan fingerprint density at radius 1 is 1.10 bits per heavy atom. The number of benzene rings is 1. The zero-order valence-electron chi connectivity index (χ0n) is 12.1. The summed E-state index contributed by atoms with van der Waals surface area (Å²) in [5.41, 5.74) is 0.612. The molecule has 1 aliphatic heterocycles. The third-order valence-electron chi connectivity index (χ3n) is 3.60. The summed E-state index contributed by atoms with van der Waals surface area (Å²) in [6, 6.07) is 9.04. The van der Waals surface area contributed by atoms with Crippen LogP contribution in [0.3, 0.4) is 0 Å². The van der Waals surface area contributed by atoms with Crippen molar-refractivity contribution in [1.29, 1.82) is 0 Å². The minimum Gasteiger partial charge on any atom is -0.339 e. The molecule has 2 rings (SSSR count). The van der Waals surface area contributed by atoms with Crippen molar-refractivity contribution in [3.05, 3.63) is 35.9 Å². The van der Waals surface area contributed by atoms with Gasteiger partial charge in [-0.1, -0.05) is 18.2 Å². The number of amides is 2. The molecule has 2 amide bonds. The van der Waals surface area contributed by atoms with E-state index in [1.807, 2.05) is 30.1 Å². The number of carbonyl (C=O) groups is 2. The minimum atomic E-state index is -0.118. The van der Waals surface area contributed by atoms with E-state index in [0.29, 0.717) is 5.56 Å². The molecule has 1 aromatic carbocycles. The van der Waals surface area contributed by atoms with Crippen LogP contribution in [0, 0.1) is 0 Å². The average Bonchev–Trinajstić information content (AvgIpc) is 2.48. The molecule has 5 nitrogen and oxygen atoms in total. The van der Waals surface area contributed by atoms with Crippen LogP contribution in [-0.4, -0.2) is 73.3 Å². The molecular formula is C15H21N3O2. The van der Waals surface area contributed by atoms with E-state index in [1.165, 1.54) is 4.90 Å². The first kappa shape index (κ1) is 14.5. The first-order chi connectivity index (χ1) is 9.58. The SMILES string of the molecule is CN1CCN(C(=O)CN(C)C(=O)c2ccccc2)CC1. The van der Waals surface area contributed by atoms with Crippen LogP contribution < -0.4 is 0 Å². The van der Waals surface area contributed by atoms with Crippen LogP contribution in [0.25, 0.3) is 0 Å². The monoisotopic (exact) mass is 275 g/mol. The van der Waals surface area contributed by atoms with Crippen LogP contribution in [-0.2, 0) is 4.79 Å². The van der Waals surface area contributed by atoms with Crippen molar-refractivity contribution < 1.29 is 9.59 Å². The molecule has 1 fully saturated rings. The summed E-state index contributed by atoms with van der Waals surface area (Å²) < 4.78 is 0. The summed E-state index contributed by atoms with van der Waals surface area (Å²) in [5, 5.41) is 0. The predicted molar refractivity (Wildman–Crippen MR) is 77.5 cm³/mol. The third-order valence-corrected chi connectivity index (χ3v) is 3.60. The summed E-state index contributed by atoms with van der Waals surface area (Å²) in [4.78, 5) is 29.8. The fraction of sp³-hybridized carbons (Fsp3) is 0.467. The highest BCUT2D eigenvalue weighted by Gasteiger charge is 2.22. The maximum absolute atomic E-state index is 12.2. The van der Waals surface area contributed by atoms with Gasteiger partial charge in [-0.3, -0.25) is 9.59 Å². The highest BCUT2D eigenvalue weighted by Crippen LogP contribution is 2.05. The maximum Gasteiger partial charge on any atom is 0.254 e. The molecule has 0 radical (unpaired) electrons.